The van der Waals surface area contributed by atoms with Crippen LogP contribution in [-0.2, 0) is 4.74 Å². The molecule has 0 fully saturated rings. The molecule has 2 unspecified atom stereocenters. The normalized spacial score (nSPS) is 14.5. The number of methoxy groups -OCH3 is 1. The van der Waals surface area contributed by atoms with Gasteiger partial charge in [-0.1, -0.05) is 0 Å². The molecule has 17 heavy (non-hydrogen) atoms. The Balaban J connectivity index is 2.76. The fourth-order valence-electron chi connectivity index (χ4n) is 1.38. The van der Waals surface area contributed by atoms with Crippen molar-refractivity contribution in [3.8, 4) is 5.88 Å². The lowest BCUT2D eigenvalue weighted by atomic mass is 10.2. The summed E-state index contributed by atoms with van der Waals surface area (Å²) in [6.45, 7) is 8.07. The van der Waals surface area contributed by atoms with E-state index in [1.165, 1.54) is 0 Å². The highest BCUT2D eigenvalue weighted by Crippen LogP contribution is 2.23. The van der Waals surface area contributed by atoms with Crippen LogP contribution in [0.3, 0.4) is 0 Å². The quantitative estimate of drug-likeness (QED) is 0.827. The zero-order valence-electron chi connectivity index (χ0n) is 11.2. The minimum absolute atomic E-state index is 0.112. The van der Waals surface area contributed by atoms with E-state index in [1.807, 2.05) is 32.9 Å². The van der Waals surface area contributed by atoms with E-state index in [-0.39, 0.29) is 18.2 Å². The third kappa shape index (κ3) is 4.23. The van der Waals surface area contributed by atoms with Gasteiger partial charge in [-0.05, 0) is 39.8 Å². The summed E-state index contributed by atoms with van der Waals surface area (Å²) in [6, 6.07) is 4.04. The standard InChI is InChI=1S/C13H22N2O2/c1-9(2)17-13-12(7-6-8-14-13)15-10(3)11(4)16-5/h6-11,15H,1-5H3. The number of rotatable bonds is 6. The van der Waals surface area contributed by atoms with E-state index in [4.69, 9.17) is 9.47 Å². The first kappa shape index (κ1) is 13.8. The summed E-state index contributed by atoms with van der Waals surface area (Å²) in [5.74, 6) is 0.637. The summed E-state index contributed by atoms with van der Waals surface area (Å²) in [5.41, 5.74) is 0.901. The van der Waals surface area contributed by atoms with Gasteiger partial charge in [0.25, 0.3) is 0 Å². The van der Waals surface area contributed by atoms with Crippen LogP contribution in [0.2, 0.25) is 0 Å². The lowest BCUT2D eigenvalue weighted by Crippen LogP contribution is -2.30. The number of anilines is 1. The molecule has 96 valence electrons. The number of nitrogens with zero attached hydrogens (tertiary/aromatic N) is 1. The zero-order valence-corrected chi connectivity index (χ0v) is 11.2. The van der Waals surface area contributed by atoms with Gasteiger partial charge in [0.2, 0.25) is 5.88 Å². The molecule has 0 bridgehead atoms. The van der Waals surface area contributed by atoms with Gasteiger partial charge in [-0.25, -0.2) is 4.98 Å². The summed E-state index contributed by atoms with van der Waals surface area (Å²) >= 11 is 0. The minimum Gasteiger partial charge on any atom is -0.473 e. The number of pyridine rings is 1. The molecule has 0 aromatic carbocycles. The van der Waals surface area contributed by atoms with Crippen molar-refractivity contribution in [2.45, 2.75) is 45.9 Å². The molecule has 0 saturated heterocycles. The molecule has 0 spiro atoms. The van der Waals surface area contributed by atoms with Crippen molar-refractivity contribution in [3.63, 3.8) is 0 Å². The van der Waals surface area contributed by atoms with Gasteiger partial charge in [0.1, 0.15) is 0 Å². The molecule has 0 saturated carbocycles. The molecule has 4 heteroatoms. The van der Waals surface area contributed by atoms with Crippen molar-refractivity contribution >= 4 is 5.69 Å². The highest BCUT2D eigenvalue weighted by molar-refractivity contribution is 5.52. The van der Waals surface area contributed by atoms with Gasteiger partial charge in [-0.15, -0.1) is 0 Å². The van der Waals surface area contributed by atoms with E-state index < -0.39 is 0 Å². The fourth-order valence-corrected chi connectivity index (χ4v) is 1.38. The molecular formula is C13H22N2O2. The molecule has 1 aromatic rings. The van der Waals surface area contributed by atoms with Crippen LogP contribution in [0.4, 0.5) is 5.69 Å². The smallest absolute Gasteiger partial charge is 0.237 e. The maximum atomic E-state index is 5.65. The first-order chi connectivity index (χ1) is 8.04. The number of nitrogens with one attached hydrogen (secondary N) is 1. The maximum absolute atomic E-state index is 5.65. The largest absolute Gasteiger partial charge is 0.473 e. The lowest BCUT2D eigenvalue weighted by Gasteiger charge is -2.22. The van der Waals surface area contributed by atoms with E-state index in [2.05, 4.69) is 17.2 Å². The molecule has 1 aromatic heterocycles. The van der Waals surface area contributed by atoms with Crippen LogP contribution in [-0.4, -0.2) is 30.3 Å². The molecule has 0 aliphatic heterocycles. The van der Waals surface area contributed by atoms with Crippen LogP contribution >= 0.6 is 0 Å². The van der Waals surface area contributed by atoms with E-state index >= 15 is 0 Å². The van der Waals surface area contributed by atoms with Gasteiger partial charge in [-0.2, -0.15) is 0 Å². The molecule has 2 atom stereocenters. The van der Waals surface area contributed by atoms with Gasteiger partial charge in [0.15, 0.2) is 0 Å². The molecule has 4 nitrogen and oxygen atoms in total. The molecule has 0 amide bonds. The molecule has 0 radical (unpaired) electrons. The number of ether oxygens (including phenoxy) is 2. The summed E-state index contributed by atoms with van der Waals surface area (Å²) in [5, 5.41) is 3.35. The molecule has 1 N–H and O–H groups in total. The van der Waals surface area contributed by atoms with Crippen molar-refractivity contribution in [2.75, 3.05) is 12.4 Å². The molecule has 1 heterocycles. The van der Waals surface area contributed by atoms with Crippen molar-refractivity contribution in [1.29, 1.82) is 0 Å². The lowest BCUT2D eigenvalue weighted by molar-refractivity contribution is 0.106. The third-order valence-electron chi connectivity index (χ3n) is 2.58. The number of hydrogen-bond acceptors (Lipinski definition) is 4. The fraction of sp³-hybridized carbons (Fsp3) is 0.615. The predicted molar refractivity (Wildman–Crippen MR) is 69.6 cm³/mol. The number of hydrogen-bond donors (Lipinski definition) is 1. The van der Waals surface area contributed by atoms with Crippen molar-refractivity contribution < 1.29 is 9.47 Å². The van der Waals surface area contributed by atoms with Gasteiger partial charge in [-0.3, -0.25) is 0 Å². The van der Waals surface area contributed by atoms with E-state index in [0.717, 1.165) is 5.69 Å². The van der Waals surface area contributed by atoms with Crippen LogP contribution in [0.5, 0.6) is 5.88 Å². The highest BCUT2D eigenvalue weighted by atomic mass is 16.5. The molecule has 0 aliphatic carbocycles. The molecule has 1 rings (SSSR count). The molecular weight excluding hydrogens is 216 g/mol. The Morgan fingerprint density at radius 3 is 2.53 bits per heavy atom. The Morgan fingerprint density at radius 2 is 1.94 bits per heavy atom. The summed E-state index contributed by atoms with van der Waals surface area (Å²) < 4.78 is 10.9. The van der Waals surface area contributed by atoms with Gasteiger partial charge in [0, 0.05) is 19.3 Å². The Hall–Kier alpha value is -1.29. The second kappa shape index (κ2) is 6.45. The summed E-state index contributed by atoms with van der Waals surface area (Å²) in [4.78, 5) is 4.23. The minimum atomic E-state index is 0.112. The van der Waals surface area contributed by atoms with Crippen molar-refractivity contribution in [2.24, 2.45) is 0 Å². The van der Waals surface area contributed by atoms with Gasteiger partial charge in [0.05, 0.1) is 17.9 Å². The monoisotopic (exact) mass is 238 g/mol. The van der Waals surface area contributed by atoms with Crippen molar-refractivity contribution in [1.82, 2.24) is 4.98 Å². The predicted octanol–water partition coefficient (Wildman–Crippen LogP) is 2.70. The van der Waals surface area contributed by atoms with Crippen LogP contribution in [0, 0.1) is 0 Å². The average molecular weight is 238 g/mol. The topological polar surface area (TPSA) is 43.4 Å². The first-order valence-corrected chi connectivity index (χ1v) is 5.95. The third-order valence-corrected chi connectivity index (χ3v) is 2.58. The van der Waals surface area contributed by atoms with E-state index in [0.29, 0.717) is 5.88 Å². The van der Waals surface area contributed by atoms with E-state index in [1.54, 1.807) is 13.3 Å². The van der Waals surface area contributed by atoms with Crippen LogP contribution < -0.4 is 10.1 Å². The zero-order chi connectivity index (χ0) is 12.8. The Morgan fingerprint density at radius 1 is 1.24 bits per heavy atom. The van der Waals surface area contributed by atoms with Crippen LogP contribution in [0.25, 0.3) is 0 Å². The van der Waals surface area contributed by atoms with E-state index in [9.17, 15) is 0 Å². The van der Waals surface area contributed by atoms with Gasteiger partial charge < -0.3 is 14.8 Å². The summed E-state index contributed by atoms with van der Waals surface area (Å²) in [7, 11) is 1.71. The van der Waals surface area contributed by atoms with Crippen molar-refractivity contribution in [3.05, 3.63) is 18.3 Å². The SMILES string of the molecule is COC(C)C(C)Nc1cccnc1OC(C)C. The maximum Gasteiger partial charge on any atom is 0.237 e. The Labute approximate surface area is 103 Å². The summed E-state index contributed by atoms with van der Waals surface area (Å²) in [6.07, 6.45) is 1.97. The highest BCUT2D eigenvalue weighted by Gasteiger charge is 2.14. The Bertz CT molecular complexity index is 342. The molecule has 0 aliphatic rings. The van der Waals surface area contributed by atoms with Crippen LogP contribution in [0.15, 0.2) is 18.3 Å². The average Bonchev–Trinajstić information content (AvgIpc) is 2.29. The first-order valence-electron chi connectivity index (χ1n) is 5.95. The van der Waals surface area contributed by atoms with Crippen LogP contribution in [0.1, 0.15) is 27.7 Å². The number of aromatic nitrogens is 1. The second-order valence-electron chi connectivity index (χ2n) is 4.40. The Kier molecular flexibility index (Phi) is 5.22. The van der Waals surface area contributed by atoms with Gasteiger partial charge >= 0.3 is 0 Å². The second-order valence-corrected chi connectivity index (χ2v) is 4.40.